The van der Waals surface area contributed by atoms with Crippen molar-refractivity contribution in [1.82, 2.24) is 0 Å². The Morgan fingerprint density at radius 1 is 0.848 bits per heavy atom. The van der Waals surface area contributed by atoms with Gasteiger partial charge >= 0.3 is 5.97 Å². The molecule has 0 saturated heterocycles. The van der Waals surface area contributed by atoms with Crippen LogP contribution in [0.15, 0.2) is 91.0 Å². The smallest absolute Gasteiger partial charge is 0.341 e. The van der Waals surface area contributed by atoms with E-state index in [0.29, 0.717) is 17.5 Å². The first-order valence-electron chi connectivity index (χ1n) is 10.7. The molecule has 0 radical (unpaired) electrons. The van der Waals surface area contributed by atoms with Crippen molar-refractivity contribution in [2.75, 3.05) is 19.1 Å². The lowest BCUT2D eigenvalue weighted by atomic mass is 9.97. The Kier molecular flexibility index (Phi) is 7.01. The average molecular weight is 456 g/mol. The molecule has 0 atom stereocenters. The maximum absolute atomic E-state index is 13.2. The molecule has 33 heavy (non-hydrogen) atoms. The second-order valence-corrected chi connectivity index (χ2v) is 8.78. The van der Waals surface area contributed by atoms with Gasteiger partial charge in [0, 0.05) is 36.0 Å². The molecule has 4 rings (SSSR count). The Hall–Kier alpha value is -3.70. The van der Waals surface area contributed by atoms with Crippen molar-refractivity contribution in [1.29, 1.82) is 0 Å². The highest BCUT2D eigenvalue weighted by molar-refractivity contribution is 7.16. The highest BCUT2D eigenvalue weighted by atomic mass is 32.1. The third kappa shape index (κ3) is 5.04. The van der Waals surface area contributed by atoms with Gasteiger partial charge in [0.05, 0.1) is 12.7 Å². The van der Waals surface area contributed by atoms with Crippen LogP contribution in [0, 0.1) is 0 Å². The number of methoxy groups -OCH3 is 1. The summed E-state index contributed by atoms with van der Waals surface area (Å²) < 4.78 is 5.18. The molecule has 0 saturated carbocycles. The van der Waals surface area contributed by atoms with Gasteiger partial charge in [-0.25, -0.2) is 4.79 Å². The van der Waals surface area contributed by atoms with E-state index in [1.807, 2.05) is 78.7 Å². The highest BCUT2D eigenvalue weighted by Crippen LogP contribution is 2.41. The maximum Gasteiger partial charge on any atom is 0.341 e. The van der Waals surface area contributed by atoms with Crippen LogP contribution in [0.4, 0.5) is 10.7 Å². The van der Waals surface area contributed by atoms with Gasteiger partial charge in [-0.2, -0.15) is 0 Å². The number of ketones is 1. The minimum Gasteiger partial charge on any atom is -0.465 e. The minimum atomic E-state index is -0.431. The fourth-order valence-corrected chi connectivity index (χ4v) is 5.13. The molecule has 3 aromatic carbocycles. The average Bonchev–Trinajstić information content (AvgIpc) is 3.22. The van der Waals surface area contributed by atoms with Crippen LogP contribution in [0.1, 0.15) is 36.7 Å². The van der Waals surface area contributed by atoms with E-state index in [4.69, 9.17) is 4.74 Å². The second kappa shape index (κ2) is 10.3. The van der Waals surface area contributed by atoms with Gasteiger partial charge in [0.25, 0.3) is 0 Å². The van der Waals surface area contributed by atoms with Crippen molar-refractivity contribution in [3.05, 3.63) is 118 Å². The van der Waals surface area contributed by atoms with E-state index >= 15 is 0 Å². The standard InChI is InChI=1S/C28H25NO3S/c1-29(22-16-10-5-11-17-22)27-26(28(31)32-2)23(19-24(30)21-14-8-4-9-15-21)25(33-27)18-20-12-6-3-7-13-20/h3-17H,18-19H2,1-2H3. The highest BCUT2D eigenvalue weighted by Gasteiger charge is 2.28. The number of carbonyl (C=O) groups is 2. The third-order valence-electron chi connectivity index (χ3n) is 5.55. The molecule has 0 spiro atoms. The van der Waals surface area contributed by atoms with E-state index in [1.54, 1.807) is 12.1 Å². The number of para-hydroxylation sites is 1. The summed E-state index contributed by atoms with van der Waals surface area (Å²) in [6, 6.07) is 29.1. The van der Waals surface area contributed by atoms with Crippen molar-refractivity contribution in [2.24, 2.45) is 0 Å². The van der Waals surface area contributed by atoms with Crippen LogP contribution < -0.4 is 4.90 Å². The second-order valence-electron chi connectivity index (χ2n) is 7.70. The largest absolute Gasteiger partial charge is 0.465 e. The summed E-state index contributed by atoms with van der Waals surface area (Å²) in [7, 11) is 3.31. The van der Waals surface area contributed by atoms with Gasteiger partial charge in [0.15, 0.2) is 5.78 Å². The van der Waals surface area contributed by atoms with Gasteiger partial charge in [-0.15, -0.1) is 11.3 Å². The summed E-state index contributed by atoms with van der Waals surface area (Å²) in [6.45, 7) is 0. The van der Waals surface area contributed by atoms with Crippen molar-refractivity contribution in [3.63, 3.8) is 0 Å². The molecule has 0 unspecified atom stereocenters. The summed E-state index contributed by atoms with van der Waals surface area (Å²) in [6.07, 6.45) is 0.769. The summed E-state index contributed by atoms with van der Waals surface area (Å²) in [5.41, 5.74) is 3.91. The third-order valence-corrected chi connectivity index (χ3v) is 6.86. The van der Waals surface area contributed by atoms with Gasteiger partial charge in [0.2, 0.25) is 0 Å². The molecule has 0 aliphatic rings. The first kappa shape index (κ1) is 22.5. The van der Waals surface area contributed by atoms with Crippen LogP contribution in [-0.4, -0.2) is 25.9 Å². The predicted molar refractivity (Wildman–Crippen MR) is 134 cm³/mol. The van der Waals surface area contributed by atoms with E-state index in [2.05, 4.69) is 12.1 Å². The molecule has 0 aliphatic heterocycles. The topological polar surface area (TPSA) is 46.6 Å². The van der Waals surface area contributed by atoms with Crippen LogP contribution in [0.3, 0.4) is 0 Å². The predicted octanol–water partition coefficient (Wildman–Crippen LogP) is 6.32. The molecule has 4 nitrogen and oxygen atoms in total. The minimum absolute atomic E-state index is 0.0261. The fourth-order valence-electron chi connectivity index (χ4n) is 3.81. The molecule has 1 aromatic heterocycles. The summed E-state index contributed by atoms with van der Waals surface area (Å²) >= 11 is 1.54. The Morgan fingerprint density at radius 3 is 2.03 bits per heavy atom. The normalized spacial score (nSPS) is 10.6. The molecular weight excluding hydrogens is 430 g/mol. The molecule has 166 valence electrons. The van der Waals surface area contributed by atoms with Gasteiger partial charge in [-0.1, -0.05) is 78.9 Å². The Morgan fingerprint density at radius 2 is 1.42 bits per heavy atom. The lowest BCUT2D eigenvalue weighted by Gasteiger charge is -2.19. The Balaban J connectivity index is 1.83. The zero-order valence-electron chi connectivity index (χ0n) is 18.7. The van der Waals surface area contributed by atoms with Crippen LogP contribution in [0.25, 0.3) is 0 Å². The van der Waals surface area contributed by atoms with E-state index in [-0.39, 0.29) is 12.2 Å². The van der Waals surface area contributed by atoms with Crippen molar-refractivity contribution >= 4 is 33.8 Å². The van der Waals surface area contributed by atoms with Gasteiger partial charge in [-0.05, 0) is 23.3 Å². The molecule has 0 N–H and O–H groups in total. The lowest BCUT2D eigenvalue weighted by Crippen LogP contribution is -2.15. The van der Waals surface area contributed by atoms with E-state index in [1.165, 1.54) is 18.4 Å². The maximum atomic E-state index is 13.2. The number of nitrogens with zero attached hydrogens (tertiary/aromatic N) is 1. The number of ether oxygens (including phenoxy) is 1. The first-order valence-corrected chi connectivity index (χ1v) is 11.5. The van der Waals surface area contributed by atoms with Crippen LogP contribution in [0.5, 0.6) is 0 Å². The van der Waals surface area contributed by atoms with Gasteiger partial charge in [0.1, 0.15) is 5.00 Å². The zero-order chi connectivity index (χ0) is 23.2. The molecule has 1 heterocycles. The number of thiophene rings is 1. The summed E-state index contributed by atoms with van der Waals surface area (Å²) in [4.78, 5) is 29.2. The molecule has 0 bridgehead atoms. The van der Waals surface area contributed by atoms with Crippen LogP contribution in [-0.2, 0) is 17.6 Å². The van der Waals surface area contributed by atoms with Gasteiger partial charge < -0.3 is 9.64 Å². The monoisotopic (exact) mass is 455 g/mol. The van der Waals surface area contributed by atoms with E-state index in [9.17, 15) is 9.59 Å². The molecule has 5 heteroatoms. The number of hydrogen-bond donors (Lipinski definition) is 0. The Labute approximate surface area is 198 Å². The number of anilines is 2. The molecule has 4 aromatic rings. The quantitative estimate of drug-likeness (QED) is 0.230. The molecule has 0 aliphatic carbocycles. The SMILES string of the molecule is COC(=O)c1c(N(C)c2ccccc2)sc(Cc2ccccc2)c1CC(=O)c1ccccc1. The number of esters is 1. The zero-order valence-corrected chi connectivity index (χ0v) is 19.5. The fraction of sp³-hybridized carbons (Fsp3) is 0.143. The lowest BCUT2D eigenvalue weighted by molar-refractivity contribution is 0.0601. The molecular formula is C28H25NO3S. The molecule has 0 fully saturated rings. The van der Waals surface area contributed by atoms with Crippen molar-refractivity contribution in [2.45, 2.75) is 12.8 Å². The van der Waals surface area contributed by atoms with Crippen LogP contribution in [0.2, 0.25) is 0 Å². The Bertz CT molecular complexity index is 1230. The van der Waals surface area contributed by atoms with Crippen molar-refractivity contribution in [3.8, 4) is 0 Å². The van der Waals surface area contributed by atoms with Crippen molar-refractivity contribution < 1.29 is 14.3 Å². The van der Waals surface area contributed by atoms with Crippen LogP contribution >= 0.6 is 11.3 Å². The number of carbonyl (C=O) groups excluding carboxylic acids is 2. The first-order chi connectivity index (χ1) is 16.1. The molecule has 0 amide bonds. The summed E-state index contributed by atoms with van der Waals surface area (Å²) in [5.74, 6) is -0.457. The van der Waals surface area contributed by atoms with E-state index < -0.39 is 5.97 Å². The summed E-state index contributed by atoms with van der Waals surface area (Å²) in [5, 5.41) is 0.773. The number of benzene rings is 3. The number of rotatable bonds is 8. The number of hydrogen-bond acceptors (Lipinski definition) is 5. The van der Waals surface area contributed by atoms with E-state index in [0.717, 1.165) is 26.7 Å². The van der Waals surface area contributed by atoms with Gasteiger partial charge in [-0.3, -0.25) is 4.79 Å². The number of Topliss-reactive ketones (excluding diaryl/α,β-unsaturated/α-hetero) is 1.